The summed E-state index contributed by atoms with van der Waals surface area (Å²) in [7, 11) is -4.52. The Bertz CT molecular complexity index is 663. The standard InChI is InChI=1S/C16H24NO6P/c1-5-16(6-2,24(20,21)22)14-9-13(10-23-12(4)19)7-8-15(14)17-11(3)18/h7-9H,5-6,10H2,1-4H3,(H,17,18)(H2,20,21,22). The van der Waals surface area contributed by atoms with E-state index in [1.165, 1.54) is 13.8 Å². The Kier molecular flexibility index (Phi) is 6.72. The zero-order chi connectivity index (χ0) is 18.5. The molecule has 0 aromatic heterocycles. The summed E-state index contributed by atoms with van der Waals surface area (Å²) >= 11 is 0. The number of nitrogens with one attached hydrogen (secondary N) is 1. The first-order valence-corrected chi connectivity index (χ1v) is 9.28. The molecule has 1 aromatic rings. The number of anilines is 1. The van der Waals surface area contributed by atoms with E-state index in [-0.39, 0.29) is 25.4 Å². The van der Waals surface area contributed by atoms with Gasteiger partial charge in [-0.1, -0.05) is 19.9 Å². The normalized spacial score (nSPS) is 11.9. The summed E-state index contributed by atoms with van der Waals surface area (Å²) in [6, 6.07) is 4.80. The van der Waals surface area contributed by atoms with Crippen LogP contribution in [-0.4, -0.2) is 21.7 Å². The molecule has 0 aliphatic heterocycles. The monoisotopic (exact) mass is 357 g/mol. The van der Waals surface area contributed by atoms with Gasteiger partial charge in [0.1, 0.15) is 6.61 Å². The van der Waals surface area contributed by atoms with Crippen molar-refractivity contribution >= 4 is 25.2 Å². The lowest BCUT2D eigenvalue weighted by molar-refractivity contribution is -0.142. The molecule has 8 heteroatoms. The van der Waals surface area contributed by atoms with E-state index in [9.17, 15) is 23.9 Å². The molecule has 0 spiro atoms. The maximum atomic E-state index is 12.2. The van der Waals surface area contributed by atoms with Crippen LogP contribution in [0, 0.1) is 0 Å². The summed E-state index contributed by atoms with van der Waals surface area (Å²) in [6.45, 7) is 5.99. The molecular weight excluding hydrogens is 333 g/mol. The highest BCUT2D eigenvalue weighted by Crippen LogP contribution is 2.62. The van der Waals surface area contributed by atoms with Crippen molar-refractivity contribution < 1.29 is 28.7 Å². The largest absolute Gasteiger partial charge is 0.461 e. The van der Waals surface area contributed by atoms with Crippen molar-refractivity contribution in [3.8, 4) is 0 Å². The Balaban J connectivity index is 3.52. The van der Waals surface area contributed by atoms with E-state index in [1.54, 1.807) is 32.0 Å². The number of ether oxygens (including phenoxy) is 1. The fourth-order valence-corrected chi connectivity index (χ4v) is 4.07. The van der Waals surface area contributed by atoms with Crippen molar-refractivity contribution in [3.05, 3.63) is 29.3 Å². The number of benzene rings is 1. The summed E-state index contributed by atoms with van der Waals surface area (Å²) < 4.78 is 17.2. The maximum absolute atomic E-state index is 12.2. The van der Waals surface area contributed by atoms with Gasteiger partial charge in [0.15, 0.2) is 0 Å². The first kappa shape index (κ1) is 20.4. The van der Waals surface area contributed by atoms with Crippen LogP contribution < -0.4 is 5.32 Å². The first-order valence-electron chi connectivity index (χ1n) is 7.67. The molecule has 0 saturated heterocycles. The van der Waals surface area contributed by atoms with E-state index in [0.29, 0.717) is 16.8 Å². The summed E-state index contributed by atoms with van der Waals surface area (Å²) in [5.74, 6) is -0.787. The lowest BCUT2D eigenvalue weighted by atomic mass is 9.90. The predicted octanol–water partition coefficient (Wildman–Crippen LogP) is 2.90. The Morgan fingerprint density at radius 3 is 2.21 bits per heavy atom. The smallest absolute Gasteiger partial charge is 0.336 e. The van der Waals surface area contributed by atoms with Crippen LogP contribution in [0.3, 0.4) is 0 Å². The molecule has 0 radical (unpaired) electrons. The van der Waals surface area contributed by atoms with Crippen molar-refractivity contribution in [2.75, 3.05) is 5.32 Å². The molecule has 0 heterocycles. The van der Waals surface area contributed by atoms with Crippen LogP contribution in [0.5, 0.6) is 0 Å². The predicted molar refractivity (Wildman–Crippen MR) is 90.5 cm³/mol. The third-order valence-corrected chi connectivity index (χ3v) is 6.05. The van der Waals surface area contributed by atoms with Crippen LogP contribution >= 0.6 is 7.60 Å². The molecule has 0 bridgehead atoms. The van der Waals surface area contributed by atoms with Gasteiger partial charge >= 0.3 is 13.6 Å². The van der Waals surface area contributed by atoms with Crippen LogP contribution in [0.4, 0.5) is 5.69 Å². The van der Waals surface area contributed by atoms with E-state index in [0.717, 1.165) is 0 Å². The minimum absolute atomic E-state index is 0.00660. The molecule has 0 atom stereocenters. The third-order valence-electron chi connectivity index (χ3n) is 4.07. The summed E-state index contributed by atoms with van der Waals surface area (Å²) in [6.07, 6.45) is 0.384. The Morgan fingerprint density at radius 1 is 1.21 bits per heavy atom. The van der Waals surface area contributed by atoms with Crippen molar-refractivity contribution in [2.24, 2.45) is 0 Å². The van der Waals surface area contributed by atoms with Crippen LogP contribution in [0.2, 0.25) is 0 Å². The SMILES string of the molecule is CCC(CC)(c1cc(COC(C)=O)ccc1NC(C)=O)P(=O)(O)O. The molecule has 0 saturated carbocycles. The summed E-state index contributed by atoms with van der Waals surface area (Å²) in [5, 5.41) is 1.20. The average Bonchev–Trinajstić information content (AvgIpc) is 2.46. The minimum Gasteiger partial charge on any atom is -0.461 e. The van der Waals surface area contributed by atoms with Crippen molar-refractivity contribution in [3.63, 3.8) is 0 Å². The van der Waals surface area contributed by atoms with Gasteiger partial charge in [0, 0.05) is 19.5 Å². The second-order valence-corrected chi connectivity index (χ2v) is 7.57. The topological polar surface area (TPSA) is 113 Å². The van der Waals surface area contributed by atoms with Gasteiger partial charge in [-0.25, -0.2) is 0 Å². The van der Waals surface area contributed by atoms with E-state index in [4.69, 9.17) is 4.74 Å². The van der Waals surface area contributed by atoms with Gasteiger partial charge in [-0.3, -0.25) is 14.2 Å². The highest BCUT2D eigenvalue weighted by atomic mass is 31.2. The number of amides is 1. The number of hydrogen-bond donors (Lipinski definition) is 3. The second kappa shape index (κ2) is 7.92. The van der Waals surface area contributed by atoms with E-state index >= 15 is 0 Å². The van der Waals surface area contributed by atoms with Gasteiger partial charge in [0.05, 0.1) is 5.16 Å². The molecule has 3 N–H and O–H groups in total. The van der Waals surface area contributed by atoms with Crippen molar-refractivity contribution in [1.29, 1.82) is 0 Å². The van der Waals surface area contributed by atoms with Gasteiger partial charge in [-0.2, -0.15) is 0 Å². The lowest BCUT2D eigenvalue weighted by Crippen LogP contribution is -2.27. The fraction of sp³-hybridized carbons (Fsp3) is 0.500. The molecule has 24 heavy (non-hydrogen) atoms. The molecule has 134 valence electrons. The molecule has 1 aromatic carbocycles. The highest BCUT2D eigenvalue weighted by Gasteiger charge is 2.46. The second-order valence-electron chi connectivity index (χ2n) is 5.62. The number of carbonyl (C=O) groups excluding carboxylic acids is 2. The molecule has 1 rings (SSSR count). The molecule has 0 aliphatic rings. The Morgan fingerprint density at radius 2 is 1.79 bits per heavy atom. The molecule has 0 unspecified atom stereocenters. The van der Waals surface area contributed by atoms with E-state index in [2.05, 4.69) is 5.32 Å². The Labute approximate surface area is 141 Å². The van der Waals surface area contributed by atoms with E-state index < -0.39 is 18.7 Å². The summed E-state index contributed by atoms with van der Waals surface area (Å²) in [4.78, 5) is 42.3. The van der Waals surface area contributed by atoms with Crippen molar-refractivity contribution in [1.82, 2.24) is 0 Å². The zero-order valence-electron chi connectivity index (χ0n) is 14.3. The maximum Gasteiger partial charge on any atom is 0.336 e. The van der Waals surface area contributed by atoms with Gasteiger partial charge in [0.25, 0.3) is 0 Å². The van der Waals surface area contributed by atoms with Crippen LogP contribution in [0.1, 0.15) is 51.7 Å². The van der Waals surface area contributed by atoms with Gasteiger partial charge in [-0.15, -0.1) is 0 Å². The van der Waals surface area contributed by atoms with Crippen LogP contribution in [-0.2, 0) is 30.7 Å². The number of esters is 1. The third kappa shape index (κ3) is 4.44. The fourth-order valence-electron chi connectivity index (χ4n) is 2.75. The van der Waals surface area contributed by atoms with E-state index in [1.807, 2.05) is 0 Å². The van der Waals surface area contributed by atoms with Crippen LogP contribution in [0.25, 0.3) is 0 Å². The van der Waals surface area contributed by atoms with Gasteiger partial charge in [0.2, 0.25) is 5.91 Å². The quantitative estimate of drug-likeness (QED) is 0.511. The zero-order valence-corrected chi connectivity index (χ0v) is 15.2. The molecular formula is C16H24NO6P. The van der Waals surface area contributed by atoms with Crippen LogP contribution in [0.15, 0.2) is 18.2 Å². The number of carbonyl (C=O) groups is 2. The van der Waals surface area contributed by atoms with Gasteiger partial charge < -0.3 is 19.8 Å². The summed E-state index contributed by atoms with van der Waals surface area (Å²) in [5.41, 5.74) is 1.29. The number of rotatable bonds is 7. The van der Waals surface area contributed by atoms with Gasteiger partial charge in [-0.05, 0) is 36.1 Å². The minimum atomic E-state index is -4.52. The molecule has 0 fully saturated rings. The Hall–Kier alpha value is -1.69. The highest BCUT2D eigenvalue weighted by molar-refractivity contribution is 7.53. The molecule has 0 aliphatic carbocycles. The lowest BCUT2D eigenvalue weighted by Gasteiger charge is -2.34. The van der Waals surface area contributed by atoms with Crippen molar-refractivity contribution in [2.45, 2.75) is 52.3 Å². The molecule has 7 nitrogen and oxygen atoms in total. The number of hydrogen-bond acceptors (Lipinski definition) is 4. The molecule has 1 amide bonds. The average molecular weight is 357 g/mol. The first-order chi connectivity index (χ1) is 11.1.